The fourth-order valence-electron chi connectivity index (χ4n) is 2.11. The first-order chi connectivity index (χ1) is 12.8. The average Bonchev–Trinajstić information content (AvgIpc) is 2.63. The van der Waals surface area contributed by atoms with Crippen LogP contribution in [-0.2, 0) is 4.79 Å². The lowest BCUT2D eigenvalue weighted by molar-refractivity contribution is -0.385. The summed E-state index contributed by atoms with van der Waals surface area (Å²) in [7, 11) is 1.43. The van der Waals surface area contributed by atoms with Gasteiger partial charge in [0.15, 0.2) is 11.5 Å². The molecule has 2 rings (SSSR count). The largest absolute Gasteiger partial charge is 0.493 e. The second-order valence-electron chi connectivity index (χ2n) is 5.10. The predicted molar refractivity (Wildman–Crippen MR) is 105 cm³/mol. The van der Waals surface area contributed by atoms with E-state index in [1.165, 1.54) is 44.5 Å². The molecule has 0 fully saturated rings. The molecule has 0 atom stereocenters. The van der Waals surface area contributed by atoms with Crippen molar-refractivity contribution in [2.45, 2.75) is 6.92 Å². The monoisotopic (exact) mass is 483 g/mol. The smallest absolute Gasteiger partial charge is 0.308 e. The summed E-state index contributed by atoms with van der Waals surface area (Å²) >= 11 is 1.97. The van der Waals surface area contributed by atoms with Gasteiger partial charge in [0.2, 0.25) is 0 Å². The zero-order valence-electron chi connectivity index (χ0n) is 14.3. The minimum absolute atomic E-state index is 0.1000. The summed E-state index contributed by atoms with van der Waals surface area (Å²) in [4.78, 5) is 33.6. The standard InChI is InChI=1S/C17H14IN3O6/c1-10(22)27-16-13(18)7-11(8-15(16)26-2)9-19-20-17(23)12-5-3-4-6-14(12)21(24)25/h3-9H,1-2H3,(H,20,23)/b19-9-. The zero-order chi connectivity index (χ0) is 20.0. The molecule has 27 heavy (non-hydrogen) atoms. The number of nitrogens with one attached hydrogen (secondary N) is 1. The Balaban J connectivity index is 2.19. The summed E-state index contributed by atoms with van der Waals surface area (Å²) in [6.07, 6.45) is 1.34. The summed E-state index contributed by atoms with van der Waals surface area (Å²) in [5, 5.41) is 14.8. The van der Waals surface area contributed by atoms with Crippen LogP contribution >= 0.6 is 22.6 Å². The maximum absolute atomic E-state index is 12.1. The van der Waals surface area contributed by atoms with Gasteiger partial charge in [-0.25, -0.2) is 5.43 Å². The lowest BCUT2D eigenvalue weighted by Crippen LogP contribution is -2.19. The van der Waals surface area contributed by atoms with Gasteiger partial charge in [-0.15, -0.1) is 0 Å². The van der Waals surface area contributed by atoms with Crippen LogP contribution in [0.3, 0.4) is 0 Å². The number of hydrazone groups is 1. The number of methoxy groups -OCH3 is 1. The maximum atomic E-state index is 12.1. The summed E-state index contributed by atoms with van der Waals surface area (Å²) in [5.74, 6) is -0.587. The Morgan fingerprint density at radius 1 is 1.30 bits per heavy atom. The fourth-order valence-corrected chi connectivity index (χ4v) is 2.84. The number of rotatable bonds is 6. The molecule has 10 heteroatoms. The van der Waals surface area contributed by atoms with Gasteiger partial charge in [0.1, 0.15) is 5.56 Å². The molecule has 0 bridgehead atoms. The molecule has 0 radical (unpaired) electrons. The summed E-state index contributed by atoms with van der Waals surface area (Å²) < 4.78 is 10.9. The molecule has 0 unspecified atom stereocenters. The molecule has 2 aromatic rings. The third-order valence-corrected chi connectivity index (χ3v) is 4.02. The van der Waals surface area contributed by atoms with Gasteiger partial charge in [0.25, 0.3) is 11.6 Å². The molecular formula is C17H14IN3O6. The molecule has 140 valence electrons. The molecule has 0 spiro atoms. The minimum Gasteiger partial charge on any atom is -0.493 e. The van der Waals surface area contributed by atoms with Gasteiger partial charge in [-0.05, 0) is 46.4 Å². The fraction of sp³-hybridized carbons (Fsp3) is 0.118. The highest BCUT2D eigenvalue weighted by atomic mass is 127. The van der Waals surface area contributed by atoms with Crippen LogP contribution in [0, 0.1) is 13.7 Å². The Hall–Kier alpha value is -3.02. The number of hydrogen-bond donors (Lipinski definition) is 1. The van der Waals surface area contributed by atoms with E-state index in [-0.39, 0.29) is 17.0 Å². The van der Waals surface area contributed by atoms with Gasteiger partial charge in [-0.3, -0.25) is 19.7 Å². The Morgan fingerprint density at radius 3 is 2.63 bits per heavy atom. The van der Waals surface area contributed by atoms with Crippen molar-refractivity contribution in [1.82, 2.24) is 5.43 Å². The zero-order valence-corrected chi connectivity index (χ0v) is 16.4. The van der Waals surface area contributed by atoms with Crippen LogP contribution in [0.5, 0.6) is 11.5 Å². The molecule has 1 N–H and O–H groups in total. The van der Waals surface area contributed by atoms with Crippen molar-refractivity contribution in [2.75, 3.05) is 7.11 Å². The molecule has 0 aliphatic heterocycles. The van der Waals surface area contributed by atoms with Crippen molar-refractivity contribution < 1.29 is 24.0 Å². The van der Waals surface area contributed by atoms with Crippen LogP contribution in [0.1, 0.15) is 22.8 Å². The van der Waals surface area contributed by atoms with E-state index < -0.39 is 16.8 Å². The number of ether oxygens (including phenoxy) is 2. The lowest BCUT2D eigenvalue weighted by Gasteiger charge is -2.10. The lowest BCUT2D eigenvalue weighted by atomic mass is 10.2. The van der Waals surface area contributed by atoms with E-state index in [1.54, 1.807) is 12.1 Å². The van der Waals surface area contributed by atoms with Crippen molar-refractivity contribution >= 4 is 46.4 Å². The number of hydrogen-bond acceptors (Lipinski definition) is 7. The number of carbonyl (C=O) groups excluding carboxylic acids is 2. The normalized spacial score (nSPS) is 10.5. The van der Waals surface area contributed by atoms with Crippen LogP contribution in [0.4, 0.5) is 5.69 Å². The second-order valence-corrected chi connectivity index (χ2v) is 6.26. The van der Waals surface area contributed by atoms with Crippen LogP contribution < -0.4 is 14.9 Å². The van der Waals surface area contributed by atoms with Gasteiger partial charge < -0.3 is 9.47 Å². The molecular weight excluding hydrogens is 469 g/mol. The Labute approximate surface area is 167 Å². The maximum Gasteiger partial charge on any atom is 0.308 e. The van der Waals surface area contributed by atoms with Gasteiger partial charge >= 0.3 is 5.97 Å². The van der Waals surface area contributed by atoms with E-state index in [0.29, 0.717) is 14.9 Å². The SMILES string of the molecule is COc1cc(/C=N\NC(=O)c2ccccc2[N+](=O)[O-])cc(I)c1OC(C)=O. The minimum atomic E-state index is -0.711. The Bertz CT molecular complexity index is 929. The molecule has 0 heterocycles. The second kappa shape index (κ2) is 9.07. The third kappa shape index (κ3) is 5.23. The van der Waals surface area contributed by atoms with Crippen molar-refractivity contribution in [3.05, 3.63) is 61.2 Å². The third-order valence-electron chi connectivity index (χ3n) is 3.22. The van der Waals surface area contributed by atoms with E-state index in [4.69, 9.17) is 9.47 Å². The van der Waals surface area contributed by atoms with Crippen molar-refractivity contribution in [3.63, 3.8) is 0 Å². The number of nitro benzene ring substituents is 1. The van der Waals surface area contributed by atoms with Gasteiger partial charge in [-0.1, -0.05) is 12.1 Å². The van der Waals surface area contributed by atoms with Crippen LogP contribution in [0.25, 0.3) is 0 Å². The van der Waals surface area contributed by atoms with E-state index in [2.05, 4.69) is 10.5 Å². The Kier molecular flexibility index (Phi) is 6.82. The highest BCUT2D eigenvalue weighted by Gasteiger charge is 2.18. The van der Waals surface area contributed by atoms with E-state index >= 15 is 0 Å². The highest BCUT2D eigenvalue weighted by molar-refractivity contribution is 14.1. The molecule has 9 nitrogen and oxygen atoms in total. The summed E-state index contributed by atoms with van der Waals surface area (Å²) in [5.41, 5.74) is 2.40. The number of nitrogens with zero attached hydrogens (tertiary/aromatic N) is 2. The summed E-state index contributed by atoms with van der Waals surface area (Å²) in [6, 6.07) is 8.80. The molecule has 0 saturated heterocycles. The molecule has 0 aliphatic rings. The summed E-state index contributed by atoms with van der Waals surface area (Å²) in [6.45, 7) is 1.28. The van der Waals surface area contributed by atoms with Crippen molar-refractivity contribution in [3.8, 4) is 11.5 Å². The molecule has 0 saturated carbocycles. The first kappa shape index (κ1) is 20.3. The molecule has 1 amide bonds. The quantitative estimate of drug-likeness (QED) is 0.169. The Morgan fingerprint density at radius 2 is 2.00 bits per heavy atom. The molecule has 0 aliphatic carbocycles. The predicted octanol–water partition coefficient (Wildman–Crippen LogP) is 2.90. The number of esters is 1. The van der Waals surface area contributed by atoms with Crippen LogP contribution in [0.15, 0.2) is 41.5 Å². The van der Waals surface area contributed by atoms with Gasteiger partial charge in [0.05, 0.1) is 21.8 Å². The first-order valence-corrected chi connectivity index (χ1v) is 8.54. The van der Waals surface area contributed by atoms with E-state index in [9.17, 15) is 19.7 Å². The first-order valence-electron chi connectivity index (χ1n) is 7.46. The molecule has 2 aromatic carbocycles. The number of carbonyl (C=O) groups is 2. The number of nitro groups is 1. The van der Waals surface area contributed by atoms with Gasteiger partial charge in [0, 0.05) is 13.0 Å². The topological polar surface area (TPSA) is 120 Å². The number of halogens is 1. The average molecular weight is 483 g/mol. The van der Waals surface area contributed by atoms with Crippen molar-refractivity contribution in [1.29, 1.82) is 0 Å². The highest BCUT2D eigenvalue weighted by Crippen LogP contribution is 2.33. The van der Waals surface area contributed by atoms with Crippen molar-refractivity contribution in [2.24, 2.45) is 5.10 Å². The van der Waals surface area contributed by atoms with Crippen LogP contribution in [0.2, 0.25) is 0 Å². The molecule has 0 aromatic heterocycles. The number of benzene rings is 2. The number of amides is 1. The van der Waals surface area contributed by atoms with Crippen LogP contribution in [-0.4, -0.2) is 30.1 Å². The van der Waals surface area contributed by atoms with E-state index in [1.807, 2.05) is 22.6 Å². The number of para-hydroxylation sites is 1. The van der Waals surface area contributed by atoms with Gasteiger partial charge in [-0.2, -0.15) is 5.10 Å². The van der Waals surface area contributed by atoms with E-state index in [0.717, 1.165) is 0 Å².